The van der Waals surface area contributed by atoms with E-state index >= 15 is 0 Å². The van der Waals surface area contributed by atoms with Crippen molar-refractivity contribution in [2.24, 2.45) is 0 Å². The lowest BCUT2D eigenvalue weighted by atomic mass is 9.97. The van der Waals surface area contributed by atoms with Crippen LogP contribution in [0.2, 0.25) is 5.15 Å². The number of nitrogens with two attached hydrogens (primary N) is 1. The summed E-state index contributed by atoms with van der Waals surface area (Å²) < 4.78 is 5.45. The SMILES string of the molecule is COc1ccccc1C1CCN(c2cc(Cl)nc(N)n2)C1. The minimum absolute atomic E-state index is 0.207. The summed E-state index contributed by atoms with van der Waals surface area (Å²) in [7, 11) is 1.70. The first-order valence-electron chi connectivity index (χ1n) is 6.85. The standard InChI is InChI=1S/C15H17ClN4O/c1-21-12-5-3-2-4-11(12)10-6-7-20(9-10)14-8-13(16)18-15(17)19-14/h2-5,8,10H,6-7,9H2,1H3,(H2,17,18,19). The molecule has 1 saturated heterocycles. The minimum atomic E-state index is 0.207. The van der Waals surface area contributed by atoms with Crippen molar-refractivity contribution < 1.29 is 4.74 Å². The van der Waals surface area contributed by atoms with Crippen LogP contribution in [0.3, 0.4) is 0 Å². The minimum Gasteiger partial charge on any atom is -0.496 e. The second-order valence-electron chi connectivity index (χ2n) is 5.08. The number of nitrogen functional groups attached to an aromatic ring is 1. The van der Waals surface area contributed by atoms with Gasteiger partial charge < -0.3 is 15.4 Å². The average Bonchev–Trinajstić information content (AvgIpc) is 2.96. The third kappa shape index (κ3) is 2.88. The molecule has 0 spiro atoms. The lowest BCUT2D eigenvalue weighted by Gasteiger charge is -2.19. The molecule has 0 amide bonds. The first-order valence-corrected chi connectivity index (χ1v) is 7.23. The van der Waals surface area contributed by atoms with Gasteiger partial charge in [-0.2, -0.15) is 4.98 Å². The zero-order valence-corrected chi connectivity index (χ0v) is 12.5. The van der Waals surface area contributed by atoms with Crippen molar-refractivity contribution in [2.45, 2.75) is 12.3 Å². The molecule has 1 fully saturated rings. The third-order valence-corrected chi connectivity index (χ3v) is 3.98. The fraction of sp³-hybridized carbons (Fsp3) is 0.333. The van der Waals surface area contributed by atoms with E-state index in [4.69, 9.17) is 22.1 Å². The molecule has 1 atom stereocenters. The molecule has 3 rings (SSSR count). The monoisotopic (exact) mass is 304 g/mol. The van der Waals surface area contributed by atoms with Gasteiger partial charge in [0.25, 0.3) is 0 Å². The number of hydrogen-bond acceptors (Lipinski definition) is 5. The molecule has 21 heavy (non-hydrogen) atoms. The summed E-state index contributed by atoms with van der Waals surface area (Å²) in [5.41, 5.74) is 6.90. The molecule has 1 aliphatic heterocycles. The van der Waals surface area contributed by atoms with Gasteiger partial charge in [-0.15, -0.1) is 0 Å². The van der Waals surface area contributed by atoms with Gasteiger partial charge in [0.1, 0.15) is 16.7 Å². The maximum absolute atomic E-state index is 5.95. The van der Waals surface area contributed by atoms with E-state index in [1.165, 1.54) is 5.56 Å². The maximum Gasteiger partial charge on any atom is 0.223 e. The molecule has 1 unspecified atom stereocenters. The van der Waals surface area contributed by atoms with Crippen molar-refractivity contribution in [1.29, 1.82) is 0 Å². The summed E-state index contributed by atoms with van der Waals surface area (Å²) in [6, 6.07) is 9.90. The highest BCUT2D eigenvalue weighted by atomic mass is 35.5. The van der Waals surface area contributed by atoms with Crippen LogP contribution in [0.1, 0.15) is 17.9 Å². The van der Waals surface area contributed by atoms with Crippen LogP contribution in [0.15, 0.2) is 30.3 Å². The Morgan fingerprint density at radius 2 is 2.14 bits per heavy atom. The van der Waals surface area contributed by atoms with Crippen molar-refractivity contribution in [1.82, 2.24) is 9.97 Å². The second kappa shape index (κ2) is 5.77. The Kier molecular flexibility index (Phi) is 3.84. The van der Waals surface area contributed by atoms with Crippen LogP contribution >= 0.6 is 11.6 Å². The van der Waals surface area contributed by atoms with Gasteiger partial charge in [0.15, 0.2) is 0 Å². The first kappa shape index (κ1) is 13.9. The van der Waals surface area contributed by atoms with Gasteiger partial charge in [-0.25, -0.2) is 4.98 Å². The van der Waals surface area contributed by atoms with Gasteiger partial charge in [-0.1, -0.05) is 29.8 Å². The molecule has 2 heterocycles. The van der Waals surface area contributed by atoms with Crippen LogP contribution in [0.5, 0.6) is 5.75 Å². The first-order chi connectivity index (χ1) is 10.2. The predicted molar refractivity (Wildman–Crippen MR) is 84.0 cm³/mol. The Morgan fingerprint density at radius 1 is 1.33 bits per heavy atom. The van der Waals surface area contributed by atoms with E-state index < -0.39 is 0 Å². The van der Waals surface area contributed by atoms with Gasteiger partial charge in [0, 0.05) is 25.1 Å². The van der Waals surface area contributed by atoms with Crippen LogP contribution in [0.4, 0.5) is 11.8 Å². The number of aromatic nitrogens is 2. The van der Waals surface area contributed by atoms with Gasteiger partial charge >= 0.3 is 0 Å². The van der Waals surface area contributed by atoms with Gasteiger partial charge in [0.05, 0.1) is 7.11 Å². The molecule has 2 aromatic rings. The summed E-state index contributed by atoms with van der Waals surface area (Å²) in [6.45, 7) is 1.78. The van der Waals surface area contributed by atoms with Crippen LogP contribution in [0, 0.1) is 0 Å². The van der Waals surface area contributed by atoms with E-state index in [-0.39, 0.29) is 5.95 Å². The quantitative estimate of drug-likeness (QED) is 0.883. The van der Waals surface area contributed by atoms with E-state index in [2.05, 4.69) is 20.9 Å². The number of anilines is 2. The van der Waals surface area contributed by atoms with Crippen molar-refractivity contribution in [2.75, 3.05) is 30.8 Å². The molecule has 1 aliphatic rings. The summed E-state index contributed by atoms with van der Waals surface area (Å²) >= 11 is 5.95. The Bertz CT molecular complexity index is 629. The topological polar surface area (TPSA) is 64.3 Å². The number of benzene rings is 1. The molecular weight excluding hydrogens is 288 g/mol. The number of ether oxygens (including phenoxy) is 1. The molecule has 5 nitrogen and oxygen atoms in total. The molecule has 1 aromatic heterocycles. The Balaban J connectivity index is 1.82. The highest BCUT2D eigenvalue weighted by Crippen LogP contribution is 2.35. The highest BCUT2D eigenvalue weighted by molar-refractivity contribution is 6.29. The van der Waals surface area contributed by atoms with Crippen LogP contribution in [0.25, 0.3) is 0 Å². The fourth-order valence-electron chi connectivity index (χ4n) is 2.81. The predicted octanol–water partition coefficient (Wildman–Crippen LogP) is 2.71. The van der Waals surface area contributed by atoms with E-state index in [0.717, 1.165) is 31.1 Å². The number of hydrogen-bond donors (Lipinski definition) is 1. The number of halogens is 1. The molecule has 0 radical (unpaired) electrons. The van der Waals surface area contributed by atoms with Crippen molar-refractivity contribution >= 4 is 23.4 Å². The molecule has 0 saturated carbocycles. The number of methoxy groups -OCH3 is 1. The van der Waals surface area contributed by atoms with Crippen molar-refractivity contribution in [3.63, 3.8) is 0 Å². The number of nitrogens with zero attached hydrogens (tertiary/aromatic N) is 3. The van der Waals surface area contributed by atoms with E-state index in [9.17, 15) is 0 Å². The molecule has 1 aromatic carbocycles. The summed E-state index contributed by atoms with van der Waals surface area (Å²) in [5.74, 6) is 2.34. The highest BCUT2D eigenvalue weighted by Gasteiger charge is 2.27. The maximum atomic E-state index is 5.95. The Labute approximate surface area is 128 Å². The number of para-hydroxylation sites is 1. The van der Waals surface area contributed by atoms with Gasteiger partial charge in [0.2, 0.25) is 5.95 Å². The van der Waals surface area contributed by atoms with Crippen LogP contribution < -0.4 is 15.4 Å². The van der Waals surface area contributed by atoms with Gasteiger partial charge in [-0.05, 0) is 18.1 Å². The molecule has 110 valence electrons. The van der Waals surface area contributed by atoms with Crippen molar-refractivity contribution in [3.8, 4) is 5.75 Å². The largest absolute Gasteiger partial charge is 0.496 e. The lowest BCUT2D eigenvalue weighted by Crippen LogP contribution is -2.21. The third-order valence-electron chi connectivity index (χ3n) is 3.79. The van der Waals surface area contributed by atoms with E-state index in [0.29, 0.717) is 11.1 Å². The normalized spacial score (nSPS) is 18.0. The Morgan fingerprint density at radius 3 is 2.90 bits per heavy atom. The van der Waals surface area contributed by atoms with E-state index in [1.54, 1.807) is 13.2 Å². The molecule has 0 bridgehead atoms. The molecule has 6 heteroatoms. The molecule has 2 N–H and O–H groups in total. The zero-order valence-electron chi connectivity index (χ0n) is 11.8. The lowest BCUT2D eigenvalue weighted by molar-refractivity contribution is 0.406. The fourth-order valence-corrected chi connectivity index (χ4v) is 2.99. The molecule has 0 aliphatic carbocycles. The Hall–Kier alpha value is -2.01. The zero-order chi connectivity index (χ0) is 14.8. The summed E-state index contributed by atoms with van der Waals surface area (Å²) in [5, 5.41) is 0.373. The average molecular weight is 305 g/mol. The summed E-state index contributed by atoms with van der Waals surface area (Å²) in [6.07, 6.45) is 1.04. The summed E-state index contributed by atoms with van der Waals surface area (Å²) in [4.78, 5) is 10.3. The van der Waals surface area contributed by atoms with Crippen LogP contribution in [-0.2, 0) is 0 Å². The smallest absolute Gasteiger partial charge is 0.223 e. The second-order valence-corrected chi connectivity index (χ2v) is 5.47. The van der Waals surface area contributed by atoms with E-state index in [1.807, 2.05) is 18.2 Å². The molecular formula is C15H17ClN4O. The van der Waals surface area contributed by atoms with Gasteiger partial charge in [-0.3, -0.25) is 0 Å². The number of rotatable bonds is 3. The van der Waals surface area contributed by atoms with Crippen molar-refractivity contribution in [3.05, 3.63) is 41.0 Å². The van der Waals surface area contributed by atoms with Crippen LogP contribution in [-0.4, -0.2) is 30.2 Å².